The van der Waals surface area contributed by atoms with Crippen LogP contribution in [0.4, 0.5) is 5.00 Å². The van der Waals surface area contributed by atoms with Crippen LogP contribution in [0.5, 0.6) is 5.75 Å². The second-order valence-electron chi connectivity index (χ2n) is 4.30. The van der Waals surface area contributed by atoms with Crippen molar-refractivity contribution in [3.05, 3.63) is 46.8 Å². The average molecular weight is 305 g/mol. The number of amides is 1. The van der Waals surface area contributed by atoms with Crippen molar-refractivity contribution in [3.8, 4) is 5.75 Å². The summed E-state index contributed by atoms with van der Waals surface area (Å²) in [5, 5.41) is 12.0. The van der Waals surface area contributed by atoms with Gasteiger partial charge in [0.05, 0.1) is 11.6 Å². The van der Waals surface area contributed by atoms with Crippen LogP contribution in [0, 0.1) is 0 Å². The number of carboxylic acid groups (broad SMARTS) is 1. The maximum absolute atomic E-state index is 12.0. The third-order valence-corrected chi connectivity index (χ3v) is 3.63. The zero-order valence-corrected chi connectivity index (χ0v) is 12.3. The van der Waals surface area contributed by atoms with Gasteiger partial charge in [0.2, 0.25) is 0 Å². The number of anilines is 1. The van der Waals surface area contributed by atoms with Crippen LogP contribution in [0.2, 0.25) is 0 Å². The Morgan fingerprint density at radius 1 is 1.19 bits per heavy atom. The fourth-order valence-electron chi connectivity index (χ4n) is 1.63. The minimum absolute atomic E-state index is 0.189. The molecule has 1 amide bonds. The highest BCUT2D eigenvalue weighted by Crippen LogP contribution is 2.22. The van der Waals surface area contributed by atoms with E-state index in [0.717, 1.165) is 23.5 Å². The van der Waals surface area contributed by atoms with Gasteiger partial charge >= 0.3 is 5.97 Å². The van der Waals surface area contributed by atoms with Gasteiger partial charge in [-0.3, -0.25) is 4.79 Å². The molecule has 1 aromatic carbocycles. The highest BCUT2D eigenvalue weighted by atomic mass is 32.1. The number of thiophene rings is 1. The van der Waals surface area contributed by atoms with Gasteiger partial charge in [0.15, 0.2) is 0 Å². The number of nitrogens with one attached hydrogen (secondary N) is 1. The van der Waals surface area contributed by atoms with Gasteiger partial charge in [0.25, 0.3) is 5.91 Å². The van der Waals surface area contributed by atoms with E-state index in [9.17, 15) is 9.59 Å². The first-order chi connectivity index (χ1) is 10.1. The van der Waals surface area contributed by atoms with Crippen molar-refractivity contribution in [2.45, 2.75) is 13.3 Å². The summed E-state index contributed by atoms with van der Waals surface area (Å²) in [5.41, 5.74) is 0.490. The van der Waals surface area contributed by atoms with Gasteiger partial charge in [-0.15, -0.1) is 11.3 Å². The number of hydrogen-bond donors (Lipinski definition) is 2. The minimum Gasteiger partial charge on any atom is -0.494 e. The van der Waals surface area contributed by atoms with Crippen molar-refractivity contribution in [3.63, 3.8) is 0 Å². The van der Waals surface area contributed by atoms with Crippen LogP contribution in [0.1, 0.15) is 33.4 Å². The molecule has 0 aliphatic heterocycles. The number of rotatable bonds is 6. The quantitative estimate of drug-likeness (QED) is 0.856. The molecule has 0 radical (unpaired) electrons. The van der Waals surface area contributed by atoms with Crippen LogP contribution in [-0.2, 0) is 0 Å². The number of hydrogen-bond acceptors (Lipinski definition) is 4. The van der Waals surface area contributed by atoms with Crippen LogP contribution >= 0.6 is 11.3 Å². The van der Waals surface area contributed by atoms with Crippen molar-refractivity contribution in [1.82, 2.24) is 0 Å². The summed E-state index contributed by atoms with van der Waals surface area (Å²) in [7, 11) is 0. The molecular weight excluding hydrogens is 290 g/mol. The number of carbonyl (C=O) groups is 2. The highest BCUT2D eigenvalue weighted by molar-refractivity contribution is 7.18. The summed E-state index contributed by atoms with van der Waals surface area (Å²) in [4.78, 5) is 23.0. The fraction of sp³-hybridized carbons (Fsp3) is 0.200. The van der Waals surface area contributed by atoms with Gasteiger partial charge < -0.3 is 15.2 Å². The monoisotopic (exact) mass is 305 g/mol. The van der Waals surface area contributed by atoms with E-state index in [-0.39, 0.29) is 10.8 Å². The van der Waals surface area contributed by atoms with Crippen LogP contribution in [-0.4, -0.2) is 23.6 Å². The molecule has 0 aliphatic rings. The highest BCUT2D eigenvalue weighted by Gasteiger charge is 2.10. The molecule has 0 atom stereocenters. The molecule has 6 heteroatoms. The number of benzene rings is 1. The van der Waals surface area contributed by atoms with E-state index in [4.69, 9.17) is 9.84 Å². The number of carboxylic acids is 1. The standard InChI is InChI=1S/C15H15NO4S/c1-2-9-20-11-5-3-10(4-6-11)14(17)16-13-8-7-12(21-13)15(18)19/h3-8H,2,9H2,1H3,(H,16,17)(H,18,19). The lowest BCUT2D eigenvalue weighted by Gasteiger charge is -2.06. The van der Waals surface area contributed by atoms with E-state index in [2.05, 4.69) is 5.32 Å². The Hall–Kier alpha value is -2.34. The lowest BCUT2D eigenvalue weighted by molar-refractivity contribution is 0.0702. The fourth-order valence-corrected chi connectivity index (χ4v) is 2.37. The van der Waals surface area contributed by atoms with Gasteiger partial charge in [-0.25, -0.2) is 4.79 Å². The average Bonchev–Trinajstić information content (AvgIpc) is 2.94. The van der Waals surface area contributed by atoms with E-state index in [1.807, 2.05) is 6.92 Å². The maximum Gasteiger partial charge on any atom is 0.345 e. The second kappa shape index (κ2) is 6.90. The summed E-state index contributed by atoms with van der Waals surface area (Å²) in [6.07, 6.45) is 0.923. The predicted molar refractivity (Wildman–Crippen MR) is 81.5 cm³/mol. The first-order valence-corrected chi connectivity index (χ1v) is 7.29. The zero-order valence-electron chi connectivity index (χ0n) is 11.5. The molecule has 1 aromatic heterocycles. The smallest absolute Gasteiger partial charge is 0.345 e. The first kappa shape index (κ1) is 15.1. The molecule has 2 rings (SSSR count). The third kappa shape index (κ3) is 4.06. The van der Waals surface area contributed by atoms with Gasteiger partial charge in [-0.05, 0) is 42.8 Å². The Morgan fingerprint density at radius 2 is 1.90 bits per heavy atom. The minimum atomic E-state index is -1.00. The summed E-state index contributed by atoms with van der Waals surface area (Å²) in [6, 6.07) is 9.86. The molecule has 2 aromatic rings. The SMILES string of the molecule is CCCOc1ccc(C(=O)Nc2ccc(C(=O)O)s2)cc1. The molecular formula is C15H15NO4S. The molecule has 1 heterocycles. The van der Waals surface area contributed by atoms with Crippen molar-refractivity contribution < 1.29 is 19.4 Å². The van der Waals surface area contributed by atoms with E-state index in [0.29, 0.717) is 17.2 Å². The van der Waals surface area contributed by atoms with E-state index >= 15 is 0 Å². The Bertz CT molecular complexity index is 633. The van der Waals surface area contributed by atoms with Crippen LogP contribution in [0.3, 0.4) is 0 Å². The molecule has 0 saturated heterocycles. The molecule has 0 unspecified atom stereocenters. The van der Waals surface area contributed by atoms with Crippen molar-refractivity contribution >= 4 is 28.2 Å². The Balaban J connectivity index is 2.00. The molecule has 5 nitrogen and oxygen atoms in total. The third-order valence-electron chi connectivity index (χ3n) is 2.64. The number of aromatic carboxylic acids is 1. The molecule has 21 heavy (non-hydrogen) atoms. The van der Waals surface area contributed by atoms with Crippen molar-refractivity contribution in [2.24, 2.45) is 0 Å². The molecule has 110 valence electrons. The van der Waals surface area contributed by atoms with E-state index < -0.39 is 5.97 Å². The maximum atomic E-state index is 12.0. The largest absolute Gasteiger partial charge is 0.494 e. The van der Waals surface area contributed by atoms with E-state index in [1.54, 1.807) is 30.3 Å². The van der Waals surface area contributed by atoms with E-state index in [1.165, 1.54) is 6.07 Å². The predicted octanol–water partition coefficient (Wildman–Crippen LogP) is 3.49. The molecule has 0 bridgehead atoms. The molecule has 0 fully saturated rings. The van der Waals surface area contributed by atoms with Gasteiger partial charge in [0, 0.05) is 5.56 Å². The number of carbonyl (C=O) groups excluding carboxylic acids is 1. The molecule has 0 aliphatic carbocycles. The first-order valence-electron chi connectivity index (χ1n) is 6.47. The van der Waals surface area contributed by atoms with Crippen LogP contribution in [0.15, 0.2) is 36.4 Å². The Morgan fingerprint density at radius 3 is 2.48 bits per heavy atom. The lowest BCUT2D eigenvalue weighted by atomic mass is 10.2. The van der Waals surface area contributed by atoms with Crippen molar-refractivity contribution in [2.75, 3.05) is 11.9 Å². The molecule has 0 saturated carbocycles. The Kier molecular flexibility index (Phi) is 4.94. The van der Waals surface area contributed by atoms with Crippen molar-refractivity contribution in [1.29, 1.82) is 0 Å². The summed E-state index contributed by atoms with van der Waals surface area (Å²) in [5.74, 6) is -0.563. The topological polar surface area (TPSA) is 75.6 Å². The zero-order chi connectivity index (χ0) is 15.2. The molecule has 2 N–H and O–H groups in total. The Labute approximate surface area is 126 Å². The number of ether oxygens (including phenoxy) is 1. The molecule has 0 spiro atoms. The normalized spacial score (nSPS) is 10.1. The van der Waals surface area contributed by atoms with Gasteiger partial charge in [0.1, 0.15) is 10.6 Å². The summed E-state index contributed by atoms with van der Waals surface area (Å²) >= 11 is 1.02. The van der Waals surface area contributed by atoms with Crippen LogP contribution < -0.4 is 10.1 Å². The second-order valence-corrected chi connectivity index (χ2v) is 5.38. The van der Waals surface area contributed by atoms with Gasteiger partial charge in [-0.1, -0.05) is 6.92 Å². The lowest BCUT2D eigenvalue weighted by Crippen LogP contribution is -2.10. The van der Waals surface area contributed by atoms with Gasteiger partial charge in [-0.2, -0.15) is 0 Å². The summed E-state index contributed by atoms with van der Waals surface area (Å²) in [6.45, 7) is 2.66. The summed E-state index contributed by atoms with van der Waals surface area (Å²) < 4.78 is 5.44. The van der Waals surface area contributed by atoms with Crippen LogP contribution in [0.25, 0.3) is 0 Å².